The van der Waals surface area contributed by atoms with Crippen molar-refractivity contribution < 1.29 is 54.4 Å². The molecule has 2 aliphatic carbocycles. The molecule has 4 aliphatic rings. The fourth-order valence-electron chi connectivity index (χ4n) is 6.56. The average Bonchev–Trinajstić information content (AvgIpc) is 2.97. The lowest BCUT2D eigenvalue weighted by atomic mass is 9.69. The summed E-state index contributed by atoms with van der Waals surface area (Å²) in [5, 5.41) is 65.3. The molecule has 4 rings (SSSR count). The number of carbonyl (C=O) groups is 1. The molecule has 0 bridgehead atoms. The number of Topliss-reactive ketones (excluding diaryl/α,β-unsaturated/α-hetero) is 1. The number of hydrogen-bond acceptors (Lipinski definition) is 17. The third-order valence-corrected chi connectivity index (χ3v) is 9.33. The Morgan fingerprint density at radius 2 is 1.61 bits per heavy atom. The SMILES string of the molecule is NC(CO)CNC[C@@H]1CC[C@@H](N)[C@@H](OC2[C@@H](N)C[C@@H](CC(=O)C3(O)CC(N)C3)[C@H](O[C@H]3O[C@H](CO)[C@@H](O)[C@H](N)[C@H]3O)[C@H]2O)O1. The van der Waals surface area contributed by atoms with Gasteiger partial charge in [-0.2, -0.15) is 0 Å². The molecular weight excluding hydrogens is 584 g/mol. The van der Waals surface area contributed by atoms with E-state index in [1.807, 2.05) is 0 Å². The Hall–Kier alpha value is -0.970. The summed E-state index contributed by atoms with van der Waals surface area (Å²) in [4.78, 5) is 13.1. The van der Waals surface area contributed by atoms with E-state index >= 15 is 0 Å². The molecule has 0 aromatic heterocycles. The summed E-state index contributed by atoms with van der Waals surface area (Å²) < 4.78 is 23.9. The number of aliphatic hydroxyl groups is 6. The Morgan fingerprint density at radius 1 is 0.932 bits per heavy atom. The molecule has 17 N–H and O–H groups in total. The molecule has 0 aromatic carbocycles. The van der Waals surface area contributed by atoms with E-state index in [1.54, 1.807) is 0 Å². The second-order valence-corrected chi connectivity index (χ2v) is 12.9. The van der Waals surface area contributed by atoms with Crippen LogP contribution >= 0.6 is 0 Å². The van der Waals surface area contributed by atoms with E-state index in [1.165, 1.54) is 0 Å². The monoisotopic (exact) mass is 636 g/mol. The Morgan fingerprint density at radius 3 is 2.25 bits per heavy atom. The number of aliphatic hydroxyl groups excluding tert-OH is 5. The topological polar surface area (TPSA) is 318 Å². The standard InChI is InChI=1S/C27H52N6O11/c28-12-5-27(40,6-12)18(36)4-11-3-16(31)24(44-25-15(30)2-1-14(41-25)8-33-7-13(29)9-34)22(39)23(11)43-26-21(38)19(32)20(37)17(10-35)42-26/h11-17,19-26,33-35,37-40H,1-10,28-32H2/t11-,12?,13?,14-,15+,16-,17+,19-,20+,21+,22+,23-,24?,25+,26+,27?/m0/s1. The summed E-state index contributed by atoms with van der Waals surface area (Å²) in [6.07, 6.45) is -9.23. The first-order chi connectivity index (χ1) is 20.8. The molecule has 17 nitrogen and oxygen atoms in total. The molecule has 4 fully saturated rings. The quantitative estimate of drug-likeness (QED) is 0.0894. The number of rotatable bonds is 13. The van der Waals surface area contributed by atoms with Gasteiger partial charge in [0.1, 0.15) is 36.1 Å². The number of carbonyl (C=O) groups excluding carboxylic acids is 1. The molecule has 2 heterocycles. The molecule has 0 aromatic rings. The lowest BCUT2D eigenvalue weighted by molar-refractivity contribution is -0.318. The van der Waals surface area contributed by atoms with Gasteiger partial charge in [-0.05, 0) is 38.0 Å². The van der Waals surface area contributed by atoms with Gasteiger partial charge in [-0.3, -0.25) is 4.79 Å². The van der Waals surface area contributed by atoms with Crippen molar-refractivity contribution in [1.29, 1.82) is 0 Å². The zero-order valence-corrected chi connectivity index (χ0v) is 24.8. The zero-order valence-electron chi connectivity index (χ0n) is 24.8. The van der Waals surface area contributed by atoms with Crippen molar-refractivity contribution in [3.05, 3.63) is 0 Å². The summed E-state index contributed by atoms with van der Waals surface area (Å²) in [5.74, 6) is -1.22. The predicted molar refractivity (Wildman–Crippen MR) is 153 cm³/mol. The van der Waals surface area contributed by atoms with E-state index in [4.69, 9.17) is 52.7 Å². The second kappa shape index (κ2) is 15.3. The number of ether oxygens (including phenoxy) is 4. The highest BCUT2D eigenvalue weighted by atomic mass is 16.7. The van der Waals surface area contributed by atoms with Gasteiger partial charge in [-0.1, -0.05) is 0 Å². The van der Waals surface area contributed by atoms with Crippen molar-refractivity contribution in [3.8, 4) is 0 Å². The first-order valence-electron chi connectivity index (χ1n) is 15.4. The number of hydrogen-bond donors (Lipinski definition) is 12. The Bertz CT molecular complexity index is 933. The normalized spacial score (nSPS) is 47.2. The molecular formula is C27H52N6O11. The molecule has 44 heavy (non-hydrogen) atoms. The third kappa shape index (κ3) is 8.11. The van der Waals surface area contributed by atoms with Crippen LogP contribution in [0, 0.1) is 5.92 Å². The van der Waals surface area contributed by atoms with Gasteiger partial charge in [0.05, 0.1) is 37.5 Å². The lowest BCUT2D eigenvalue weighted by Crippen LogP contribution is -2.66. The second-order valence-electron chi connectivity index (χ2n) is 12.9. The Balaban J connectivity index is 1.49. The highest BCUT2D eigenvalue weighted by Gasteiger charge is 2.53. The maximum Gasteiger partial charge on any atom is 0.186 e. The van der Waals surface area contributed by atoms with Crippen LogP contribution < -0.4 is 34.0 Å². The minimum atomic E-state index is -1.59. The van der Waals surface area contributed by atoms with Crippen molar-refractivity contribution in [2.75, 3.05) is 26.3 Å². The summed E-state index contributed by atoms with van der Waals surface area (Å²) in [6, 6.07) is -3.28. The molecule has 2 saturated carbocycles. The van der Waals surface area contributed by atoms with Gasteiger partial charge in [0.15, 0.2) is 18.4 Å². The van der Waals surface area contributed by atoms with Crippen LogP contribution in [0.5, 0.6) is 0 Å². The van der Waals surface area contributed by atoms with E-state index in [0.717, 1.165) is 0 Å². The fraction of sp³-hybridized carbons (Fsp3) is 0.963. The molecule has 0 radical (unpaired) electrons. The third-order valence-electron chi connectivity index (χ3n) is 9.33. The van der Waals surface area contributed by atoms with Crippen LogP contribution in [0.4, 0.5) is 0 Å². The van der Waals surface area contributed by atoms with Crippen molar-refractivity contribution >= 4 is 5.78 Å². The van der Waals surface area contributed by atoms with Gasteiger partial charge in [0, 0.05) is 37.6 Å². The van der Waals surface area contributed by atoms with E-state index in [-0.39, 0.29) is 44.4 Å². The first-order valence-corrected chi connectivity index (χ1v) is 15.4. The maximum atomic E-state index is 13.1. The van der Waals surface area contributed by atoms with E-state index in [9.17, 15) is 30.3 Å². The summed E-state index contributed by atoms with van der Waals surface area (Å²) in [5.41, 5.74) is 28.7. The lowest BCUT2D eigenvalue weighted by Gasteiger charge is -2.49. The molecule has 0 spiro atoms. The summed E-state index contributed by atoms with van der Waals surface area (Å²) >= 11 is 0. The predicted octanol–water partition coefficient (Wildman–Crippen LogP) is -6.22. The van der Waals surface area contributed by atoms with Crippen molar-refractivity contribution in [1.82, 2.24) is 5.32 Å². The number of nitrogens with two attached hydrogens (primary N) is 5. The Labute approximate surface area is 256 Å². The molecule has 2 unspecified atom stereocenters. The van der Waals surface area contributed by atoms with Gasteiger partial charge >= 0.3 is 0 Å². The molecule has 14 atom stereocenters. The largest absolute Gasteiger partial charge is 0.395 e. The van der Waals surface area contributed by atoms with E-state index in [2.05, 4.69) is 5.32 Å². The molecule has 17 heteroatoms. The average molecular weight is 637 g/mol. The molecule has 2 aliphatic heterocycles. The van der Waals surface area contributed by atoms with Crippen molar-refractivity contribution in [2.45, 2.75) is 130 Å². The minimum Gasteiger partial charge on any atom is -0.395 e. The minimum absolute atomic E-state index is 0.110. The molecule has 256 valence electrons. The smallest absolute Gasteiger partial charge is 0.186 e. The van der Waals surface area contributed by atoms with Crippen LogP contribution in [0.2, 0.25) is 0 Å². The van der Waals surface area contributed by atoms with Crippen LogP contribution in [-0.2, 0) is 23.7 Å². The highest BCUT2D eigenvalue weighted by Crippen LogP contribution is 2.39. The summed E-state index contributed by atoms with van der Waals surface area (Å²) in [7, 11) is 0. The van der Waals surface area contributed by atoms with Crippen LogP contribution in [-0.4, -0.2) is 154 Å². The van der Waals surface area contributed by atoms with Crippen molar-refractivity contribution in [3.63, 3.8) is 0 Å². The van der Waals surface area contributed by atoms with Gasteiger partial charge in [-0.25, -0.2) is 0 Å². The number of nitrogens with one attached hydrogen (secondary N) is 1. The summed E-state index contributed by atoms with van der Waals surface area (Å²) in [6.45, 7) is 0.0367. The van der Waals surface area contributed by atoms with Gasteiger partial charge in [0.25, 0.3) is 0 Å². The van der Waals surface area contributed by atoms with Crippen LogP contribution in [0.15, 0.2) is 0 Å². The van der Waals surface area contributed by atoms with E-state index in [0.29, 0.717) is 25.9 Å². The zero-order chi connectivity index (χ0) is 32.3. The van der Waals surface area contributed by atoms with Gasteiger partial charge in [-0.15, -0.1) is 0 Å². The Kier molecular flexibility index (Phi) is 12.5. The van der Waals surface area contributed by atoms with Crippen LogP contribution in [0.1, 0.15) is 38.5 Å². The van der Waals surface area contributed by atoms with Gasteiger partial charge in [0.2, 0.25) is 0 Å². The van der Waals surface area contributed by atoms with Crippen LogP contribution in [0.25, 0.3) is 0 Å². The first kappa shape index (κ1) is 35.9. The molecule has 0 amide bonds. The van der Waals surface area contributed by atoms with E-state index < -0.39 is 97.3 Å². The molecule has 2 saturated heterocycles. The fourth-order valence-corrected chi connectivity index (χ4v) is 6.56. The number of ketones is 1. The highest BCUT2D eigenvalue weighted by molar-refractivity contribution is 5.88. The van der Waals surface area contributed by atoms with Crippen LogP contribution in [0.3, 0.4) is 0 Å². The van der Waals surface area contributed by atoms with Gasteiger partial charge < -0.3 is 83.6 Å². The van der Waals surface area contributed by atoms with Crippen molar-refractivity contribution in [2.24, 2.45) is 34.6 Å². The maximum absolute atomic E-state index is 13.1.